The van der Waals surface area contributed by atoms with Crippen molar-refractivity contribution in [2.24, 2.45) is 0 Å². The van der Waals surface area contributed by atoms with E-state index < -0.39 is 0 Å². The highest BCUT2D eigenvalue weighted by Gasteiger charge is 2.30. The molecule has 7 nitrogen and oxygen atoms in total. The Morgan fingerprint density at radius 2 is 1.82 bits per heavy atom. The van der Waals surface area contributed by atoms with Crippen molar-refractivity contribution in [1.82, 2.24) is 15.2 Å². The fourth-order valence-corrected chi connectivity index (χ4v) is 5.70. The van der Waals surface area contributed by atoms with Crippen molar-refractivity contribution in [2.45, 2.75) is 77.2 Å². The van der Waals surface area contributed by atoms with Crippen molar-refractivity contribution in [3.05, 3.63) is 59.8 Å². The summed E-state index contributed by atoms with van der Waals surface area (Å²) in [5, 5.41) is 4.28. The third kappa shape index (κ3) is 5.73. The maximum absolute atomic E-state index is 14.0. The van der Waals surface area contributed by atoms with Gasteiger partial charge in [-0.1, -0.05) is 24.3 Å². The average molecular weight is 518 g/mol. The summed E-state index contributed by atoms with van der Waals surface area (Å²) in [4.78, 5) is 20.9. The largest absolute Gasteiger partial charge is 0.496 e. The Balaban J connectivity index is 1.54. The van der Waals surface area contributed by atoms with Gasteiger partial charge >= 0.3 is 0 Å². The van der Waals surface area contributed by atoms with Crippen molar-refractivity contribution in [3.63, 3.8) is 0 Å². The molecule has 0 bridgehead atoms. The van der Waals surface area contributed by atoms with Gasteiger partial charge in [-0.2, -0.15) is 0 Å². The molecule has 2 fully saturated rings. The molecule has 38 heavy (non-hydrogen) atoms. The van der Waals surface area contributed by atoms with Crippen molar-refractivity contribution >= 4 is 16.8 Å². The predicted octanol–water partition coefficient (Wildman–Crippen LogP) is 5.75. The van der Waals surface area contributed by atoms with Gasteiger partial charge in [-0.25, -0.2) is 4.98 Å². The first-order chi connectivity index (χ1) is 18.5. The first kappa shape index (κ1) is 26.3. The van der Waals surface area contributed by atoms with Crippen LogP contribution in [0.2, 0.25) is 0 Å². The second-order valence-corrected chi connectivity index (χ2v) is 10.6. The van der Waals surface area contributed by atoms with Crippen molar-refractivity contribution in [2.75, 3.05) is 20.2 Å². The molecule has 2 aliphatic rings. The number of carbonyl (C=O) groups excluding carboxylic acids is 1. The highest BCUT2D eigenvalue weighted by Crippen LogP contribution is 2.35. The molecule has 1 atom stereocenters. The van der Waals surface area contributed by atoms with Gasteiger partial charge in [0.05, 0.1) is 13.2 Å². The molecule has 1 saturated carbocycles. The number of rotatable bonds is 9. The molecule has 0 radical (unpaired) electrons. The highest BCUT2D eigenvalue weighted by molar-refractivity contribution is 5.98. The molecule has 7 heteroatoms. The molecule has 202 valence electrons. The van der Waals surface area contributed by atoms with Crippen LogP contribution < -0.4 is 19.5 Å². The van der Waals surface area contributed by atoms with Crippen LogP contribution in [0.5, 0.6) is 17.2 Å². The van der Waals surface area contributed by atoms with Gasteiger partial charge in [0, 0.05) is 35.6 Å². The van der Waals surface area contributed by atoms with Crippen molar-refractivity contribution in [3.8, 4) is 17.2 Å². The lowest BCUT2D eigenvalue weighted by Crippen LogP contribution is -2.51. The van der Waals surface area contributed by atoms with Crippen LogP contribution >= 0.6 is 0 Å². The molecule has 3 aromatic rings. The normalized spacial score (nSPS) is 18.1. The third-order valence-electron chi connectivity index (χ3n) is 7.61. The molecule has 2 heterocycles. The predicted molar refractivity (Wildman–Crippen MR) is 149 cm³/mol. The number of fused-ring (bicyclic) bond motifs is 1. The summed E-state index contributed by atoms with van der Waals surface area (Å²) < 4.78 is 18.3. The second kappa shape index (κ2) is 12.0. The zero-order valence-corrected chi connectivity index (χ0v) is 22.7. The van der Waals surface area contributed by atoms with Gasteiger partial charge in [-0.15, -0.1) is 0 Å². The van der Waals surface area contributed by atoms with Crippen LogP contribution in [0.1, 0.15) is 68.4 Å². The minimum Gasteiger partial charge on any atom is -0.496 e. The van der Waals surface area contributed by atoms with E-state index in [0.717, 1.165) is 55.5 Å². The fourth-order valence-electron chi connectivity index (χ4n) is 5.70. The van der Waals surface area contributed by atoms with Gasteiger partial charge in [0.2, 0.25) is 0 Å². The molecule has 1 saturated heterocycles. The molecule has 0 unspecified atom stereocenters. The summed E-state index contributed by atoms with van der Waals surface area (Å²) in [5.74, 6) is 2.02. The van der Waals surface area contributed by atoms with E-state index in [0.29, 0.717) is 29.3 Å². The quantitative estimate of drug-likeness (QED) is 0.390. The lowest BCUT2D eigenvalue weighted by molar-refractivity contribution is 0.0567. The van der Waals surface area contributed by atoms with E-state index >= 15 is 0 Å². The average Bonchev–Trinajstić information content (AvgIpc) is 3.45. The Morgan fingerprint density at radius 1 is 1.03 bits per heavy atom. The number of aromatic nitrogens is 1. The molecule has 1 N–H and O–H groups in total. The third-order valence-corrected chi connectivity index (χ3v) is 7.61. The molecule has 2 aromatic carbocycles. The summed E-state index contributed by atoms with van der Waals surface area (Å²) in [6.45, 7) is 6.24. The number of nitrogens with one attached hydrogen (secondary N) is 1. The maximum atomic E-state index is 14.0. The van der Waals surface area contributed by atoms with Crippen LogP contribution in [-0.2, 0) is 6.61 Å². The van der Waals surface area contributed by atoms with Crippen LogP contribution in [0.15, 0.2) is 48.5 Å². The minimum atomic E-state index is -0.0755. The van der Waals surface area contributed by atoms with Crippen LogP contribution in [0.25, 0.3) is 10.9 Å². The molecule has 0 spiro atoms. The summed E-state index contributed by atoms with van der Waals surface area (Å²) in [6, 6.07) is 15.7. The number of carbonyl (C=O) groups is 1. The summed E-state index contributed by atoms with van der Waals surface area (Å²) in [5.41, 5.74) is 1.99. The molecule has 1 aliphatic carbocycles. The number of methoxy groups -OCH3 is 1. The van der Waals surface area contributed by atoms with Crippen LogP contribution in [0.3, 0.4) is 0 Å². The Kier molecular flexibility index (Phi) is 8.32. The Bertz CT molecular complexity index is 1250. The number of benzene rings is 2. The number of hydrogen-bond donors (Lipinski definition) is 1. The second-order valence-electron chi connectivity index (χ2n) is 10.6. The van der Waals surface area contributed by atoms with Gasteiger partial charge in [-0.3, -0.25) is 4.79 Å². The van der Waals surface area contributed by atoms with E-state index in [-0.39, 0.29) is 24.1 Å². The minimum absolute atomic E-state index is 0.0489. The maximum Gasteiger partial charge on any atom is 0.273 e. The van der Waals surface area contributed by atoms with Crippen LogP contribution in [0, 0.1) is 0 Å². The van der Waals surface area contributed by atoms with Gasteiger partial charge in [0.15, 0.2) is 0 Å². The van der Waals surface area contributed by atoms with Crippen molar-refractivity contribution < 1.29 is 19.0 Å². The van der Waals surface area contributed by atoms with Gasteiger partial charge in [0.1, 0.15) is 35.1 Å². The molecule has 1 amide bonds. The lowest BCUT2D eigenvalue weighted by atomic mass is 10.0. The highest BCUT2D eigenvalue weighted by atomic mass is 16.5. The first-order valence-electron chi connectivity index (χ1n) is 13.9. The van der Waals surface area contributed by atoms with Gasteiger partial charge in [0.25, 0.3) is 5.91 Å². The molecule has 1 aliphatic heterocycles. The summed E-state index contributed by atoms with van der Waals surface area (Å²) >= 11 is 0. The molecular formula is C31H39N3O4. The Labute approximate surface area is 225 Å². The SMILES string of the molecule is COc1ccccc1COc1cc(C(=O)N(C(C)C)[C@@H]2CCCNC2)nc2c(OC3CCCC3)cccc12. The van der Waals surface area contributed by atoms with Crippen LogP contribution in [-0.4, -0.2) is 54.2 Å². The Morgan fingerprint density at radius 3 is 2.55 bits per heavy atom. The van der Waals surface area contributed by atoms with Crippen LogP contribution in [0.4, 0.5) is 0 Å². The zero-order chi connectivity index (χ0) is 26.5. The first-order valence-corrected chi connectivity index (χ1v) is 13.9. The van der Waals surface area contributed by atoms with E-state index in [2.05, 4.69) is 19.2 Å². The van der Waals surface area contributed by atoms with E-state index in [1.165, 1.54) is 12.8 Å². The number of hydrogen-bond acceptors (Lipinski definition) is 6. The van der Waals surface area contributed by atoms with Gasteiger partial charge in [-0.05, 0) is 77.1 Å². The lowest BCUT2D eigenvalue weighted by Gasteiger charge is -2.37. The fraction of sp³-hybridized carbons (Fsp3) is 0.484. The summed E-state index contributed by atoms with van der Waals surface area (Å²) in [7, 11) is 1.66. The number of pyridine rings is 1. The molecule has 5 rings (SSSR count). The number of amides is 1. The van der Waals surface area contributed by atoms with E-state index in [1.54, 1.807) is 13.2 Å². The monoisotopic (exact) mass is 517 g/mol. The number of para-hydroxylation sites is 2. The number of ether oxygens (including phenoxy) is 3. The standard InChI is InChI=1S/C31H39N3O4/c1-21(2)34(23-11-9-17-32-19-23)31(35)26-18-29(37-20-22-10-4-7-15-27(22)36-3)25-14-8-16-28(30(25)33-26)38-24-12-5-6-13-24/h4,7-8,10,14-16,18,21,23-24,32H,5-6,9,11-13,17,19-20H2,1-3H3/t23-/m1/s1. The Hall–Kier alpha value is -3.32. The van der Waals surface area contributed by atoms with E-state index in [9.17, 15) is 4.79 Å². The van der Waals surface area contributed by atoms with Crippen molar-refractivity contribution in [1.29, 1.82) is 0 Å². The number of nitrogens with zero attached hydrogens (tertiary/aromatic N) is 2. The molecule has 1 aromatic heterocycles. The van der Waals surface area contributed by atoms with E-state index in [4.69, 9.17) is 19.2 Å². The van der Waals surface area contributed by atoms with E-state index in [1.807, 2.05) is 47.4 Å². The number of piperidine rings is 1. The summed E-state index contributed by atoms with van der Waals surface area (Å²) in [6.07, 6.45) is 6.66. The van der Waals surface area contributed by atoms with Gasteiger partial charge < -0.3 is 24.4 Å². The zero-order valence-electron chi connectivity index (χ0n) is 22.7. The molecular weight excluding hydrogens is 478 g/mol. The topological polar surface area (TPSA) is 72.9 Å². The smallest absolute Gasteiger partial charge is 0.273 e.